The molecule has 0 saturated carbocycles. The summed E-state index contributed by atoms with van der Waals surface area (Å²) in [4.78, 5) is 5.14. The van der Waals surface area contributed by atoms with Crippen LogP contribution < -0.4 is 5.73 Å². The van der Waals surface area contributed by atoms with Gasteiger partial charge in [0.2, 0.25) is 0 Å². The van der Waals surface area contributed by atoms with Crippen LogP contribution >= 0.6 is 0 Å². The van der Waals surface area contributed by atoms with Crippen molar-refractivity contribution < 1.29 is 0 Å². The highest BCUT2D eigenvalue weighted by molar-refractivity contribution is 5.93. The third-order valence-corrected chi connectivity index (χ3v) is 12.8. The number of allylic oxidation sites excluding steroid dienone is 17. The molecule has 344 valence electrons. The van der Waals surface area contributed by atoms with E-state index in [-0.39, 0.29) is 0 Å². The topological polar surface area (TPSA) is 38.4 Å². The van der Waals surface area contributed by atoms with Gasteiger partial charge >= 0.3 is 0 Å². The molecule has 0 amide bonds. The van der Waals surface area contributed by atoms with Crippen LogP contribution in [0.4, 0.5) is 5.69 Å². The van der Waals surface area contributed by atoms with Crippen molar-refractivity contribution in [3.05, 3.63) is 306 Å². The quantitative estimate of drug-likeness (QED) is 0.0659. The molecule has 0 aromatic heterocycles. The Morgan fingerprint density at radius 3 is 2.06 bits per heavy atom. The van der Waals surface area contributed by atoms with E-state index in [1.54, 1.807) is 0 Å². The van der Waals surface area contributed by atoms with E-state index in [0.29, 0.717) is 5.92 Å². The SMILES string of the molecule is C(=C/c1ccc(-c2ccccc2)cc1)/Cc1ccccc1.C/C=C\C=C/C=Nc1cc2ccccc2cc1C1(/C=C/CC2C=CC=C/C2=C/C)c2ccccc2-c2ccc(/C=C/C=C(N)\C=C/C)cc21. The summed E-state index contributed by atoms with van der Waals surface area (Å²) in [6.07, 6.45) is 42.1. The Labute approximate surface area is 416 Å². The first kappa shape index (κ1) is 48.1. The second-order valence-corrected chi connectivity index (χ2v) is 17.4. The zero-order valence-corrected chi connectivity index (χ0v) is 40.6. The third kappa shape index (κ3) is 11.7. The van der Waals surface area contributed by atoms with Gasteiger partial charge in [-0.2, -0.15) is 0 Å². The maximum Gasteiger partial charge on any atom is 0.0683 e. The minimum Gasteiger partial charge on any atom is -0.399 e. The van der Waals surface area contributed by atoms with Crippen molar-refractivity contribution in [1.82, 2.24) is 0 Å². The highest BCUT2D eigenvalue weighted by Crippen LogP contribution is 2.56. The molecule has 70 heavy (non-hydrogen) atoms. The lowest BCUT2D eigenvalue weighted by molar-refractivity contribution is 0.760. The Hall–Kier alpha value is -8.33. The monoisotopic (exact) mass is 906 g/mol. The minimum atomic E-state index is -0.580. The number of hydrogen-bond donors (Lipinski definition) is 1. The van der Waals surface area contributed by atoms with E-state index in [4.69, 9.17) is 10.7 Å². The van der Waals surface area contributed by atoms with Crippen LogP contribution in [0.1, 0.15) is 60.6 Å². The molecule has 2 aliphatic carbocycles. The van der Waals surface area contributed by atoms with Crippen molar-refractivity contribution in [2.75, 3.05) is 0 Å². The van der Waals surface area contributed by atoms with Crippen molar-refractivity contribution >= 4 is 34.8 Å². The Balaban J connectivity index is 0.000000260. The van der Waals surface area contributed by atoms with Gasteiger partial charge in [0.1, 0.15) is 0 Å². The first-order valence-electron chi connectivity index (χ1n) is 24.4. The standard InChI is InChI=1S/C47H44N2.C21H18/c1-4-7-8-15-31-49-46-34-39-23-12-11-22-38(39)33-45(46)47(30-17-24-37-21-10-9-20-36(37)6-3)43-27-14-13-26-41(43)42-29-28-35(32-44(42)47)19-16-25-40(48)18-5-2;1-3-8-18(9-4-1)10-7-11-19-14-16-21(17-15-19)20-12-5-2-6-13-20/h4-23,25-34,37H,24,48H2,1-3H3;1-9,11-17H,10H2/b7-4-,15-8-,18-5-,19-16+,30-17+,36-6-,40-25+,49-31?;11-7-. The molecular formula is C68H62N2. The molecule has 9 rings (SSSR count). The van der Waals surface area contributed by atoms with Crippen molar-refractivity contribution in [3.63, 3.8) is 0 Å². The molecule has 0 bridgehead atoms. The highest BCUT2D eigenvalue weighted by atomic mass is 14.7. The molecule has 2 heteroatoms. The average Bonchev–Trinajstić information content (AvgIpc) is 3.68. The van der Waals surface area contributed by atoms with Gasteiger partial charge in [0.15, 0.2) is 0 Å². The van der Waals surface area contributed by atoms with Crippen molar-refractivity contribution in [2.24, 2.45) is 16.6 Å². The average molecular weight is 907 g/mol. The van der Waals surface area contributed by atoms with Crippen molar-refractivity contribution in [3.8, 4) is 22.3 Å². The number of aliphatic imine (C=N–C) groups is 1. The summed E-state index contributed by atoms with van der Waals surface area (Å²) in [6.45, 7) is 6.12. The Bertz CT molecular complexity index is 3220. The van der Waals surface area contributed by atoms with E-state index in [9.17, 15) is 0 Å². The van der Waals surface area contributed by atoms with Gasteiger partial charge in [-0.05, 0) is 142 Å². The second kappa shape index (κ2) is 24.1. The maximum atomic E-state index is 6.16. The highest BCUT2D eigenvalue weighted by Gasteiger charge is 2.44. The molecule has 2 nitrogen and oxygen atoms in total. The predicted molar refractivity (Wildman–Crippen MR) is 304 cm³/mol. The molecule has 2 N–H and O–H groups in total. The van der Waals surface area contributed by atoms with Gasteiger partial charge in [-0.15, -0.1) is 0 Å². The number of benzene rings is 7. The van der Waals surface area contributed by atoms with Crippen LogP contribution in [0.5, 0.6) is 0 Å². The molecule has 0 fully saturated rings. The van der Waals surface area contributed by atoms with E-state index in [1.807, 2.05) is 74.7 Å². The lowest BCUT2D eigenvalue weighted by Crippen LogP contribution is -2.25. The summed E-state index contributed by atoms with van der Waals surface area (Å²) in [5, 5.41) is 2.36. The van der Waals surface area contributed by atoms with Crippen LogP contribution in [0.25, 0.3) is 45.2 Å². The van der Waals surface area contributed by atoms with Gasteiger partial charge in [-0.1, -0.05) is 237 Å². The number of nitrogens with zero attached hydrogens (tertiary/aromatic N) is 1. The Morgan fingerprint density at radius 1 is 0.586 bits per heavy atom. The minimum absolute atomic E-state index is 0.328. The van der Waals surface area contributed by atoms with Crippen LogP contribution in [0.15, 0.2) is 277 Å². The summed E-state index contributed by atoms with van der Waals surface area (Å²) in [7, 11) is 0. The molecule has 2 aliphatic rings. The molecule has 0 saturated heterocycles. The normalized spacial score (nSPS) is 17.3. The van der Waals surface area contributed by atoms with Crippen molar-refractivity contribution in [1.29, 1.82) is 0 Å². The zero-order chi connectivity index (χ0) is 48.4. The summed E-state index contributed by atoms with van der Waals surface area (Å²) in [6, 6.07) is 58.6. The fourth-order valence-electron chi connectivity index (χ4n) is 9.39. The fourth-order valence-corrected chi connectivity index (χ4v) is 9.39. The molecule has 0 radical (unpaired) electrons. The second-order valence-electron chi connectivity index (χ2n) is 17.4. The summed E-state index contributed by atoms with van der Waals surface area (Å²) < 4.78 is 0. The van der Waals surface area contributed by atoms with Gasteiger partial charge in [-0.25, -0.2) is 0 Å². The van der Waals surface area contributed by atoms with Crippen LogP contribution in [0, 0.1) is 5.92 Å². The number of hydrogen-bond acceptors (Lipinski definition) is 2. The van der Waals surface area contributed by atoms with E-state index in [0.717, 1.165) is 35.4 Å². The molecule has 2 atom stereocenters. The zero-order valence-electron chi connectivity index (χ0n) is 40.6. The first-order chi connectivity index (χ1) is 34.5. The molecule has 2 unspecified atom stereocenters. The molecule has 0 spiro atoms. The maximum absolute atomic E-state index is 6.16. The van der Waals surface area contributed by atoms with Crippen molar-refractivity contribution in [2.45, 2.75) is 39.0 Å². The largest absolute Gasteiger partial charge is 0.399 e. The Morgan fingerprint density at radius 2 is 1.29 bits per heavy atom. The molecular weight excluding hydrogens is 845 g/mol. The van der Waals surface area contributed by atoms with Gasteiger partial charge < -0.3 is 5.73 Å². The van der Waals surface area contributed by atoms with Crippen LogP contribution in [-0.2, 0) is 11.8 Å². The van der Waals surface area contributed by atoms with Crippen LogP contribution in [0.3, 0.4) is 0 Å². The van der Waals surface area contributed by atoms with Crippen LogP contribution in [0.2, 0.25) is 0 Å². The van der Waals surface area contributed by atoms with E-state index < -0.39 is 5.41 Å². The fraction of sp³-hybridized carbons (Fsp3) is 0.103. The summed E-state index contributed by atoms with van der Waals surface area (Å²) in [5.41, 5.74) is 21.0. The Kier molecular flexibility index (Phi) is 16.6. The molecule has 7 aromatic rings. The van der Waals surface area contributed by atoms with Gasteiger partial charge in [0, 0.05) is 17.8 Å². The number of nitrogens with two attached hydrogens (primary N) is 1. The summed E-state index contributed by atoms with van der Waals surface area (Å²) >= 11 is 0. The molecule has 7 aromatic carbocycles. The van der Waals surface area contributed by atoms with Gasteiger partial charge in [0.25, 0.3) is 0 Å². The van der Waals surface area contributed by atoms with Gasteiger partial charge in [0.05, 0.1) is 11.1 Å². The number of fused-ring (bicyclic) bond motifs is 4. The lowest BCUT2D eigenvalue weighted by Gasteiger charge is -2.32. The number of rotatable bonds is 14. The van der Waals surface area contributed by atoms with Crippen LogP contribution in [-0.4, -0.2) is 6.21 Å². The summed E-state index contributed by atoms with van der Waals surface area (Å²) in [5.74, 6) is 0.328. The van der Waals surface area contributed by atoms with E-state index >= 15 is 0 Å². The van der Waals surface area contributed by atoms with E-state index in [1.165, 1.54) is 60.9 Å². The molecule has 0 aliphatic heterocycles. The van der Waals surface area contributed by atoms with Gasteiger partial charge in [-0.3, -0.25) is 4.99 Å². The predicted octanol–water partition coefficient (Wildman–Crippen LogP) is 17.7. The first-order valence-corrected chi connectivity index (χ1v) is 24.4. The smallest absolute Gasteiger partial charge is 0.0683 e. The molecule has 0 heterocycles. The lowest BCUT2D eigenvalue weighted by atomic mass is 9.70. The third-order valence-electron chi connectivity index (χ3n) is 12.8. The van der Waals surface area contributed by atoms with E-state index in [2.05, 4.69) is 225 Å².